The largest absolute Gasteiger partial charge is 0.341 e. The zero-order valence-corrected chi connectivity index (χ0v) is 18.0. The van der Waals surface area contributed by atoms with Gasteiger partial charge in [-0.3, -0.25) is 4.79 Å². The summed E-state index contributed by atoms with van der Waals surface area (Å²) in [5.41, 5.74) is 4.15. The Labute approximate surface area is 185 Å². The Hall–Kier alpha value is -3.32. The maximum absolute atomic E-state index is 13.3. The van der Waals surface area contributed by atoms with Crippen molar-refractivity contribution in [3.63, 3.8) is 0 Å². The smallest absolute Gasteiger partial charge is 0.257 e. The molecule has 4 aromatic rings. The topological polar surface area (TPSA) is 70.1 Å². The van der Waals surface area contributed by atoms with Crippen LogP contribution >= 0.6 is 11.6 Å². The molecule has 158 valence electrons. The molecule has 0 spiro atoms. The molecule has 5 rings (SSSR count). The van der Waals surface area contributed by atoms with E-state index in [-0.39, 0.29) is 5.91 Å². The first-order valence-corrected chi connectivity index (χ1v) is 10.8. The Kier molecular flexibility index (Phi) is 5.11. The number of benzene rings is 2. The van der Waals surface area contributed by atoms with Crippen molar-refractivity contribution in [3.8, 4) is 5.69 Å². The summed E-state index contributed by atoms with van der Waals surface area (Å²) in [6, 6.07) is 15.5. The molecule has 7 nitrogen and oxygen atoms in total. The average Bonchev–Trinajstić information content (AvgIpc) is 3.29. The molecule has 3 heterocycles. The number of halogens is 1. The first-order valence-electron chi connectivity index (χ1n) is 10.4. The predicted octanol–water partition coefficient (Wildman–Crippen LogP) is 4.06. The highest BCUT2D eigenvalue weighted by atomic mass is 35.5. The molecule has 1 aliphatic rings. The highest BCUT2D eigenvalue weighted by molar-refractivity contribution is 6.32. The highest BCUT2D eigenvalue weighted by Gasteiger charge is 2.25. The summed E-state index contributed by atoms with van der Waals surface area (Å²) in [6.45, 7) is 4.81. The van der Waals surface area contributed by atoms with Gasteiger partial charge in [-0.05, 0) is 37.6 Å². The van der Waals surface area contributed by atoms with Gasteiger partial charge in [-0.25, -0.2) is 9.67 Å². The number of anilines is 1. The average molecular weight is 435 g/mol. The molecule has 8 heteroatoms. The number of amides is 1. The van der Waals surface area contributed by atoms with Crippen molar-refractivity contribution in [3.05, 3.63) is 71.0 Å². The van der Waals surface area contributed by atoms with Crippen molar-refractivity contribution in [2.24, 2.45) is 0 Å². The molecule has 1 aliphatic heterocycles. The van der Waals surface area contributed by atoms with Crippen molar-refractivity contribution < 1.29 is 4.79 Å². The Morgan fingerprint density at radius 3 is 2.68 bits per heavy atom. The van der Waals surface area contributed by atoms with Crippen molar-refractivity contribution in [1.82, 2.24) is 24.6 Å². The number of nitrogens with one attached hydrogen (secondary N) is 1. The SMILES string of the molecule is Cc1c(C(=O)N2CCCN(c3nc4ccccc4[nH]3)CC2)cnn1-c1ccccc1Cl. The number of H-pyrrole nitrogens is 1. The zero-order valence-electron chi connectivity index (χ0n) is 17.3. The van der Waals surface area contributed by atoms with E-state index in [1.807, 2.05) is 60.4 Å². The summed E-state index contributed by atoms with van der Waals surface area (Å²) in [6.07, 6.45) is 2.52. The second-order valence-corrected chi connectivity index (χ2v) is 8.12. The lowest BCUT2D eigenvalue weighted by Crippen LogP contribution is -2.35. The van der Waals surface area contributed by atoms with E-state index in [2.05, 4.69) is 15.0 Å². The van der Waals surface area contributed by atoms with Crippen LogP contribution in [0.25, 0.3) is 16.7 Å². The quantitative estimate of drug-likeness (QED) is 0.527. The summed E-state index contributed by atoms with van der Waals surface area (Å²) in [7, 11) is 0. The van der Waals surface area contributed by atoms with Gasteiger partial charge in [0.2, 0.25) is 5.95 Å². The van der Waals surface area contributed by atoms with Gasteiger partial charge in [-0.1, -0.05) is 35.9 Å². The molecule has 1 fully saturated rings. The van der Waals surface area contributed by atoms with E-state index in [9.17, 15) is 4.79 Å². The van der Waals surface area contributed by atoms with Crippen LogP contribution in [0.3, 0.4) is 0 Å². The molecular formula is C23H23ClN6O. The van der Waals surface area contributed by atoms with Crippen LogP contribution < -0.4 is 4.90 Å². The number of rotatable bonds is 3. The molecule has 0 atom stereocenters. The van der Waals surface area contributed by atoms with Gasteiger partial charge in [0.15, 0.2) is 0 Å². The minimum absolute atomic E-state index is 0.00209. The number of hydrogen-bond donors (Lipinski definition) is 1. The number of nitrogens with zero attached hydrogens (tertiary/aromatic N) is 5. The molecule has 0 radical (unpaired) electrons. The summed E-state index contributed by atoms with van der Waals surface area (Å²) in [5.74, 6) is 0.862. The normalized spacial score (nSPS) is 14.8. The lowest BCUT2D eigenvalue weighted by atomic mass is 10.2. The van der Waals surface area contributed by atoms with Crippen LogP contribution in [0, 0.1) is 6.92 Å². The Balaban J connectivity index is 1.33. The molecule has 1 amide bonds. The van der Waals surface area contributed by atoms with Crippen LogP contribution in [0.1, 0.15) is 22.5 Å². The van der Waals surface area contributed by atoms with E-state index in [4.69, 9.17) is 16.6 Å². The maximum Gasteiger partial charge on any atom is 0.257 e. The van der Waals surface area contributed by atoms with Gasteiger partial charge < -0.3 is 14.8 Å². The van der Waals surface area contributed by atoms with Gasteiger partial charge >= 0.3 is 0 Å². The Bertz CT molecular complexity index is 1210. The number of hydrogen-bond acceptors (Lipinski definition) is 4. The minimum Gasteiger partial charge on any atom is -0.341 e. The third-order valence-electron chi connectivity index (χ3n) is 5.78. The molecule has 1 N–H and O–H groups in total. The zero-order chi connectivity index (χ0) is 21.4. The highest BCUT2D eigenvalue weighted by Crippen LogP contribution is 2.23. The Morgan fingerprint density at radius 2 is 1.84 bits per heavy atom. The van der Waals surface area contributed by atoms with Crippen LogP contribution in [0.15, 0.2) is 54.7 Å². The standard InChI is InChI=1S/C23H23ClN6O/c1-16-17(15-25-30(16)21-10-5-2-7-18(21)24)22(31)28-11-6-12-29(14-13-28)23-26-19-8-3-4-9-20(19)27-23/h2-5,7-10,15H,6,11-14H2,1H3,(H,26,27). The van der Waals surface area contributed by atoms with Crippen molar-refractivity contribution >= 4 is 34.5 Å². The van der Waals surface area contributed by atoms with Gasteiger partial charge in [0.25, 0.3) is 5.91 Å². The lowest BCUT2D eigenvalue weighted by Gasteiger charge is -2.21. The van der Waals surface area contributed by atoms with Gasteiger partial charge in [0.1, 0.15) is 0 Å². The van der Waals surface area contributed by atoms with Crippen LogP contribution in [0.5, 0.6) is 0 Å². The molecular weight excluding hydrogens is 412 g/mol. The molecule has 0 saturated carbocycles. The van der Waals surface area contributed by atoms with E-state index >= 15 is 0 Å². The van der Waals surface area contributed by atoms with E-state index in [1.165, 1.54) is 0 Å². The van der Waals surface area contributed by atoms with E-state index in [0.29, 0.717) is 23.7 Å². The van der Waals surface area contributed by atoms with E-state index in [0.717, 1.165) is 47.9 Å². The number of fused-ring (bicyclic) bond motifs is 1. The molecule has 2 aromatic heterocycles. The molecule has 31 heavy (non-hydrogen) atoms. The summed E-state index contributed by atoms with van der Waals surface area (Å²) in [4.78, 5) is 25.5. The molecule has 0 bridgehead atoms. The number of aromatic amines is 1. The first kappa shape index (κ1) is 19.6. The van der Waals surface area contributed by atoms with Crippen LogP contribution in [0.4, 0.5) is 5.95 Å². The second kappa shape index (κ2) is 8.07. The monoisotopic (exact) mass is 434 g/mol. The third-order valence-corrected chi connectivity index (χ3v) is 6.10. The molecule has 1 saturated heterocycles. The van der Waals surface area contributed by atoms with Gasteiger partial charge in [0, 0.05) is 26.2 Å². The summed E-state index contributed by atoms with van der Waals surface area (Å²) < 4.78 is 1.73. The number of imidazole rings is 1. The second-order valence-electron chi connectivity index (χ2n) is 7.72. The van der Waals surface area contributed by atoms with Crippen molar-refractivity contribution in [1.29, 1.82) is 0 Å². The number of carbonyl (C=O) groups excluding carboxylic acids is 1. The fraction of sp³-hybridized carbons (Fsp3) is 0.261. The maximum atomic E-state index is 13.3. The summed E-state index contributed by atoms with van der Waals surface area (Å²) >= 11 is 6.32. The number of aromatic nitrogens is 4. The molecule has 0 aliphatic carbocycles. The number of carbonyl (C=O) groups is 1. The van der Waals surface area contributed by atoms with E-state index in [1.54, 1.807) is 10.9 Å². The fourth-order valence-corrected chi connectivity index (χ4v) is 4.29. The van der Waals surface area contributed by atoms with E-state index < -0.39 is 0 Å². The van der Waals surface area contributed by atoms with Gasteiger partial charge in [-0.2, -0.15) is 5.10 Å². The van der Waals surface area contributed by atoms with Crippen LogP contribution in [0.2, 0.25) is 5.02 Å². The van der Waals surface area contributed by atoms with Crippen molar-refractivity contribution in [2.75, 3.05) is 31.1 Å². The molecule has 0 unspecified atom stereocenters. The lowest BCUT2D eigenvalue weighted by molar-refractivity contribution is 0.0766. The first-order chi connectivity index (χ1) is 15.1. The predicted molar refractivity (Wildman–Crippen MR) is 122 cm³/mol. The Morgan fingerprint density at radius 1 is 1.03 bits per heavy atom. The van der Waals surface area contributed by atoms with Crippen LogP contribution in [-0.4, -0.2) is 56.7 Å². The fourth-order valence-electron chi connectivity index (χ4n) is 4.08. The van der Waals surface area contributed by atoms with Crippen molar-refractivity contribution in [2.45, 2.75) is 13.3 Å². The van der Waals surface area contributed by atoms with Crippen LogP contribution in [-0.2, 0) is 0 Å². The van der Waals surface area contributed by atoms with Gasteiger partial charge in [0.05, 0.1) is 39.2 Å². The summed E-state index contributed by atoms with van der Waals surface area (Å²) in [5, 5.41) is 5.03. The molecule has 2 aromatic carbocycles. The third kappa shape index (κ3) is 3.65. The number of para-hydroxylation sites is 3. The minimum atomic E-state index is 0.00209. The van der Waals surface area contributed by atoms with Gasteiger partial charge in [-0.15, -0.1) is 0 Å².